The number of carbonyl (C=O) groups is 1. The first-order valence-corrected chi connectivity index (χ1v) is 11.6. The number of hydrogen-bond acceptors (Lipinski definition) is 2. The number of hydrogen-bond donors (Lipinski definition) is 1. The monoisotopic (exact) mass is 475 g/mol. The van der Waals surface area contributed by atoms with E-state index in [0.29, 0.717) is 33.0 Å². The van der Waals surface area contributed by atoms with Gasteiger partial charge in [0.05, 0.1) is 10.7 Å². The molecule has 1 aliphatic rings. The number of nitrogens with one attached hydrogen (secondary N) is 1. The Morgan fingerprint density at radius 1 is 1.03 bits per heavy atom. The first-order chi connectivity index (χ1) is 14.9. The third-order valence-corrected chi connectivity index (χ3v) is 6.70. The summed E-state index contributed by atoms with van der Waals surface area (Å²) in [5, 5.41) is 1.73. The summed E-state index contributed by atoms with van der Waals surface area (Å²) in [5.74, 6) is 0.235. The molecule has 31 heavy (non-hydrogen) atoms. The molecular formula is C24H24Cl3N3O. The van der Waals surface area contributed by atoms with Crippen LogP contribution in [-0.2, 0) is 6.42 Å². The van der Waals surface area contributed by atoms with E-state index >= 15 is 0 Å². The fraction of sp³-hybridized carbons (Fsp3) is 0.333. The van der Waals surface area contributed by atoms with E-state index in [0.717, 1.165) is 42.5 Å². The van der Waals surface area contributed by atoms with E-state index in [1.54, 1.807) is 12.1 Å². The lowest BCUT2D eigenvalue weighted by molar-refractivity contribution is 0.0685. The molecule has 1 aliphatic carbocycles. The van der Waals surface area contributed by atoms with Crippen LogP contribution in [-0.4, -0.2) is 33.9 Å². The minimum absolute atomic E-state index is 0.0967. The number of rotatable bonds is 5. The Balaban J connectivity index is 1.70. The quantitative estimate of drug-likeness (QED) is 0.429. The molecule has 0 radical (unpaired) electrons. The van der Waals surface area contributed by atoms with Gasteiger partial charge in [0.25, 0.3) is 5.91 Å². The summed E-state index contributed by atoms with van der Waals surface area (Å²) < 4.78 is 0. The van der Waals surface area contributed by atoms with Gasteiger partial charge in [-0.1, -0.05) is 66.2 Å². The average molecular weight is 477 g/mol. The zero-order valence-electron chi connectivity index (χ0n) is 17.3. The van der Waals surface area contributed by atoms with E-state index in [-0.39, 0.29) is 11.9 Å². The Morgan fingerprint density at radius 2 is 1.71 bits per heavy atom. The Labute approximate surface area is 197 Å². The summed E-state index contributed by atoms with van der Waals surface area (Å²) in [7, 11) is 1.87. The van der Waals surface area contributed by atoms with Crippen LogP contribution in [0, 0.1) is 0 Å². The van der Waals surface area contributed by atoms with Crippen molar-refractivity contribution in [2.75, 3.05) is 7.05 Å². The molecule has 7 heteroatoms. The van der Waals surface area contributed by atoms with Crippen molar-refractivity contribution in [2.45, 2.75) is 44.6 Å². The first kappa shape index (κ1) is 22.2. The third kappa shape index (κ3) is 5.08. The summed E-state index contributed by atoms with van der Waals surface area (Å²) in [6.07, 6.45) is 6.21. The summed E-state index contributed by atoms with van der Waals surface area (Å²) in [6, 6.07) is 13.2. The maximum Gasteiger partial charge on any atom is 0.289 e. The van der Waals surface area contributed by atoms with Crippen LogP contribution in [0.5, 0.6) is 0 Å². The molecule has 0 aliphatic heterocycles. The zero-order valence-corrected chi connectivity index (χ0v) is 19.6. The predicted octanol–water partition coefficient (Wildman–Crippen LogP) is 7.03. The number of carbonyl (C=O) groups excluding carboxylic acids is 1. The Kier molecular flexibility index (Phi) is 6.90. The average Bonchev–Trinajstić information content (AvgIpc) is 3.18. The van der Waals surface area contributed by atoms with Gasteiger partial charge in [-0.3, -0.25) is 4.79 Å². The molecule has 0 spiro atoms. The number of imidazole rings is 1. The summed E-state index contributed by atoms with van der Waals surface area (Å²) in [5.41, 5.74) is 3.29. The Hall–Kier alpha value is -2.01. The normalized spacial score (nSPS) is 14.6. The molecule has 0 bridgehead atoms. The molecule has 1 aromatic heterocycles. The molecule has 1 saturated carbocycles. The molecule has 1 heterocycles. The molecule has 1 fully saturated rings. The van der Waals surface area contributed by atoms with Crippen molar-refractivity contribution in [3.05, 3.63) is 74.6 Å². The van der Waals surface area contributed by atoms with E-state index in [1.807, 2.05) is 42.3 Å². The van der Waals surface area contributed by atoms with Crippen molar-refractivity contribution < 1.29 is 4.79 Å². The number of H-pyrrole nitrogens is 1. The molecule has 4 rings (SSSR count). The molecule has 4 nitrogen and oxygen atoms in total. The minimum Gasteiger partial charge on any atom is -0.337 e. The number of aromatic amines is 1. The number of aromatic nitrogens is 2. The van der Waals surface area contributed by atoms with Crippen molar-refractivity contribution >= 4 is 40.7 Å². The molecule has 162 valence electrons. The van der Waals surface area contributed by atoms with Gasteiger partial charge in [0, 0.05) is 40.8 Å². The standard InChI is InChI=1S/C24H24Cl3N3O/c1-30(18-5-3-2-4-6-18)24(31)23-28-21(13-15-7-9-16(25)10-8-15)22(29-23)19-12-11-17(26)14-20(19)27/h7-12,14,18H,2-6,13H2,1H3,(H,28,29). The summed E-state index contributed by atoms with van der Waals surface area (Å²) in [6.45, 7) is 0. The maximum atomic E-state index is 13.2. The second kappa shape index (κ2) is 9.64. The number of benzene rings is 2. The fourth-order valence-electron chi connectivity index (χ4n) is 4.15. The zero-order chi connectivity index (χ0) is 22.0. The van der Waals surface area contributed by atoms with Gasteiger partial charge in [-0.25, -0.2) is 4.98 Å². The molecule has 0 saturated heterocycles. The first-order valence-electron chi connectivity index (χ1n) is 10.5. The van der Waals surface area contributed by atoms with Gasteiger partial charge >= 0.3 is 0 Å². The third-order valence-electron chi connectivity index (χ3n) is 5.90. The highest BCUT2D eigenvalue weighted by Crippen LogP contribution is 2.33. The van der Waals surface area contributed by atoms with Crippen molar-refractivity contribution in [3.8, 4) is 11.3 Å². The van der Waals surface area contributed by atoms with Gasteiger partial charge in [-0.05, 0) is 48.7 Å². The topological polar surface area (TPSA) is 49.0 Å². The van der Waals surface area contributed by atoms with E-state index in [2.05, 4.69) is 4.98 Å². The maximum absolute atomic E-state index is 13.2. The molecular weight excluding hydrogens is 453 g/mol. The van der Waals surface area contributed by atoms with Crippen molar-refractivity contribution in [1.82, 2.24) is 14.9 Å². The van der Waals surface area contributed by atoms with Crippen LogP contribution in [0.1, 0.15) is 54.0 Å². The second-order valence-corrected chi connectivity index (χ2v) is 9.33. The number of nitrogens with zero attached hydrogens (tertiary/aromatic N) is 2. The van der Waals surface area contributed by atoms with Crippen LogP contribution in [0.4, 0.5) is 0 Å². The lowest BCUT2D eigenvalue weighted by Crippen LogP contribution is -2.38. The fourth-order valence-corrected chi connectivity index (χ4v) is 4.77. The SMILES string of the molecule is CN(C(=O)c1nc(-c2ccc(Cl)cc2Cl)c(Cc2ccc(Cl)cc2)[nH]1)C1CCCCC1. The smallest absolute Gasteiger partial charge is 0.289 e. The van der Waals surface area contributed by atoms with Gasteiger partial charge in [0.15, 0.2) is 5.82 Å². The van der Waals surface area contributed by atoms with Crippen LogP contribution in [0.25, 0.3) is 11.3 Å². The van der Waals surface area contributed by atoms with Crippen molar-refractivity contribution in [2.24, 2.45) is 0 Å². The van der Waals surface area contributed by atoms with Gasteiger partial charge in [-0.2, -0.15) is 0 Å². The van der Waals surface area contributed by atoms with Crippen molar-refractivity contribution in [1.29, 1.82) is 0 Å². The lowest BCUT2D eigenvalue weighted by atomic mass is 9.94. The highest BCUT2D eigenvalue weighted by Gasteiger charge is 2.26. The van der Waals surface area contributed by atoms with Gasteiger partial charge in [0.1, 0.15) is 0 Å². The molecule has 0 unspecified atom stereocenters. The van der Waals surface area contributed by atoms with Gasteiger partial charge < -0.3 is 9.88 Å². The van der Waals surface area contributed by atoms with E-state index in [1.165, 1.54) is 6.42 Å². The predicted molar refractivity (Wildman–Crippen MR) is 127 cm³/mol. The highest BCUT2D eigenvalue weighted by atomic mass is 35.5. The van der Waals surface area contributed by atoms with Crippen LogP contribution in [0.15, 0.2) is 42.5 Å². The summed E-state index contributed by atoms with van der Waals surface area (Å²) in [4.78, 5) is 23.0. The molecule has 1 amide bonds. The lowest BCUT2D eigenvalue weighted by Gasteiger charge is -2.30. The second-order valence-electron chi connectivity index (χ2n) is 8.05. The van der Waals surface area contributed by atoms with Crippen molar-refractivity contribution in [3.63, 3.8) is 0 Å². The van der Waals surface area contributed by atoms with E-state index < -0.39 is 0 Å². The van der Waals surface area contributed by atoms with Gasteiger partial charge in [-0.15, -0.1) is 0 Å². The largest absolute Gasteiger partial charge is 0.337 e. The number of amides is 1. The minimum atomic E-state index is -0.0967. The van der Waals surface area contributed by atoms with Crippen LogP contribution in [0.2, 0.25) is 15.1 Å². The molecule has 3 aromatic rings. The Bertz CT molecular complexity index is 1070. The number of halogens is 3. The highest BCUT2D eigenvalue weighted by molar-refractivity contribution is 6.36. The van der Waals surface area contributed by atoms with Gasteiger partial charge in [0.2, 0.25) is 0 Å². The van der Waals surface area contributed by atoms with E-state index in [9.17, 15) is 4.79 Å². The van der Waals surface area contributed by atoms with E-state index in [4.69, 9.17) is 39.8 Å². The molecule has 0 atom stereocenters. The Morgan fingerprint density at radius 3 is 2.39 bits per heavy atom. The molecule has 1 N–H and O–H groups in total. The van der Waals surface area contributed by atoms with Crippen LogP contribution in [0.3, 0.4) is 0 Å². The van der Waals surface area contributed by atoms with Crippen LogP contribution < -0.4 is 0 Å². The van der Waals surface area contributed by atoms with Crippen LogP contribution >= 0.6 is 34.8 Å². The molecule has 2 aromatic carbocycles. The summed E-state index contributed by atoms with van der Waals surface area (Å²) >= 11 is 18.6.